The van der Waals surface area contributed by atoms with E-state index in [2.05, 4.69) is 0 Å². The highest BCUT2D eigenvalue weighted by atomic mass is 31.2. The number of allylic oxidation sites excluding steroid dienone is 1. The predicted molar refractivity (Wildman–Crippen MR) is 140 cm³/mol. The molecule has 3 aromatic rings. The molecule has 3 rings (SSSR count). The Morgan fingerprint density at radius 3 is 1.25 bits per heavy atom. The highest BCUT2D eigenvalue weighted by Crippen LogP contribution is 2.64. The van der Waals surface area contributed by atoms with E-state index in [1.54, 1.807) is 0 Å². The third-order valence-electron chi connectivity index (χ3n) is 5.73. The van der Waals surface area contributed by atoms with Crippen molar-refractivity contribution >= 4 is 40.9 Å². The van der Waals surface area contributed by atoms with Gasteiger partial charge in [0.05, 0.1) is 14.2 Å². The smallest absolute Gasteiger partial charge is 0.375 e. The summed E-state index contributed by atoms with van der Waals surface area (Å²) < 4.78 is 10.3. The summed E-state index contributed by atoms with van der Waals surface area (Å²) in [5, 5.41) is 14.9. The van der Waals surface area contributed by atoms with Crippen LogP contribution in [-0.2, 0) is 23.9 Å². The van der Waals surface area contributed by atoms with Gasteiger partial charge >= 0.3 is 11.9 Å². The van der Waals surface area contributed by atoms with E-state index in [1.807, 2.05) is 91.0 Å². The van der Waals surface area contributed by atoms with E-state index >= 15 is 0 Å². The minimum atomic E-state index is -3.21. The average molecular weight is 503 g/mol. The van der Waals surface area contributed by atoms with E-state index in [4.69, 9.17) is 9.47 Å². The number of Topliss-reactive ketones (excluding diaryl/α,β-unsaturated/α-hetero) is 1. The molecule has 0 aliphatic heterocycles. The highest BCUT2D eigenvalue weighted by Gasteiger charge is 2.56. The van der Waals surface area contributed by atoms with Crippen LogP contribution in [0.2, 0.25) is 0 Å². The summed E-state index contributed by atoms with van der Waals surface area (Å²) in [5.41, 5.74) is -0.788. The Balaban J connectivity index is 2.76. The summed E-state index contributed by atoms with van der Waals surface area (Å²) in [6.07, 6.45) is 0. The van der Waals surface area contributed by atoms with E-state index in [9.17, 15) is 19.5 Å². The average Bonchev–Trinajstić information content (AvgIpc) is 2.90. The first kappa shape index (κ1) is 26.6. The molecular formula is C29H27O6P. The fourth-order valence-electron chi connectivity index (χ4n) is 4.31. The SMILES string of the molecule is COC(=O)C(/C(C(C)=O)=C(/C)[O-])=C(\C(=O)OC)[P+](c1ccccc1)(c1ccccc1)c1ccccc1. The van der Waals surface area contributed by atoms with E-state index < -0.39 is 36.3 Å². The van der Waals surface area contributed by atoms with Crippen LogP contribution >= 0.6 is 7.26 Å². The van der Waals surface area contributed by atoms with Gasteiger partial charge in [0.1, 0.15) is 21.5 Å². The molecule has 184 valence electrons. The number of methoxy groups -OCH3 is 2. The first-order valence-corrected chi connectivity index (χ1v) is 13.0. The van der Waals surface area contributed by atoms with Gasteiger partial charge in [-0.3, -0.25) is 4.79 Å². The van der Waals surface area contributed by atoms with Crippen LogP contribution in [0.15, 0.2) is 113 Å². The third-order valence-corrected chi connectivity index (χ3v) is 10.0. The zero-order valence-corrected chi connectivity index (χ0v) is 21.5. The monoisotopic (exact) mass is 502 g/mol. The number of carbonyl (C=O) groups excluding carboxylic acids is 3. The van der Waals surface area contributed by atoms with Gasteiger partial charge in [0.25, 0.3) is 0 Å². The van der Waals surface area contributed by atoms with E-state index in [0.29, 0.717) is 0 Å². The second-order valence-electron chi connectivity index (χ2n) is 7.87. The molecule has 0 saturated carbocycles. The first-order valence-electron chi connectivity index (χ1n) is 11.2. The standard InChI is InChI=1S/C29H27O6P/c1-20(30)25(21(2)31)26(28(32)34-3)27(29(33)35-4)36(22-14-8-5-9-15-22,23-16-10-6-11-17-23)24-18-12-7-13-19-24/h5-19H,1-4H3. The Bertz CT molecular complexity index is 1210. The Hall–Kier alpha value is -4.02. The number of benzene rings is 3. The van der Waals surface area contributed by atoms with Gasteiger partial charge in [-0.1, -0.05) is 61.5 Å². The molecule has 0 bridgehead atoms. The highest BCUT2D eigenvalue weighted by molar-refractivity contribution is 7.99. The first-order chi connectivity index (χ1) is 17.3. The molecular weight excluding hydrogens is 475 g/mol. The fourth-order valence-corrected chi connectivity index (χ4v) is 8.74. The maximum Gasteiger partial charge on any atom is 0.375 e. The lowest BCUT2D eigenvalue weighted by Gasteiger charge is -2.30. The molecule has 6 nitrogen and oxygen atoms in total. The van der Waals surface area contributed by atoms with Gasteiger partial charge in [-0.05, 0) is 43.3 Å². The van der Waals surface area contributed by atoms with Crippen LogP contribution in [0.5, 0.6) is 0 Å². The molecule has 0 aliphatic carbocycles. The Morgan fingerprint density at radius 2 is 0.972 bits per heavy atom. The molecule has 7 heteroatoms. The molecule has 0 radical (unpaired) electrons. The van der Waals surface area contributed by atoms with Crippen molar-refractivity contribution in [2.75, 3.05) is 14.2 Å². The molecule has 0 N–H and O–H groups in total. The van der Waals surface area contributed by atoms with Gasteiger partial charge in [0.15, 0.2) is 13.0 Å². The van der Waals surface area contributed by atoms with E-state index in [1.165, 1.54) is 21.0 Å². The molecule has 0 fully saturated rings. The van der Waals surface area contributed by atoms with Crippen molar-refractivity contribution < 1.29 is 29.0 Å². The van der Waals surface area contributed by atoms with Crippen LogP contribution in [0.1, 0.15) is 13.8 Å². The molecule has 0 heterocycles. The molecule has 0 atom stereocenters. The Kier molecular flexibility index (Phi) is 8.57. The van der Waals surface area contributed by atoms with Crippen molar-refractivity contribution in [2.45, 2.75) is 13.8 Å². The van der Waals surface area contributed by atoms with Gasteiger partial charge < -0.3 is 14.6 Å². The largest absolute Gasteiger partial charge is 0.875 e. The lowest BCUT2D eigenvalue weighted by Crippen LogP contribution is -2.37. The summed E-state index contributed by atoms with van der Waals surface area (Å²) in [5.74, 6) is -3.11. The van der Waals surface area contributed by atoms with Crippen molar-refractivity contribution in [1.82, 2.24) is 0 Å². The second kappa shape index (κ2) is 11.6. The van der Waals surface area contributed by atoms with Crippen LogP contribution < -0.4 is 21.0 Å². The Labute approximate surface area is 211 Å². The van der Waals surface area contributed by atoms with Gasteiger partial charge in [0.2, 0.25) is 5.31 Å². The molecule has 0 aliphatic rings. The lowest BCUT2D eigenvalue weighted by molar-refractivity contribution is -0.302. The quantitative estimate of drug-likeness (QED) is 0.155. The van der Waals surface area contributed by atoms with E-state index in [-0.39, 0.29) is 10.9 Å². The van der Waals surface area contributed by atoms with Crippen molar-refractivity contribution in [3.05, 3.63) is 113 Å². The summed E-state index contributed by atoms with van der Waals surface area (Å²) in [4.78, 5) is 39.9. The molecule has 0 saturated heterocycles. The number of ketones is 1. The van der Waals surface area contributed by atoms with Gasteiger partial charge in [-0.2, -0.15) is 0 Å². The van der Waals surface area contributed by atoms with Crippen LogP contribution in [0.3, 0.4) is 0 Å². The number of esters is 2. The third kappa shape index (κ3) is 4.86. The predicted octanol–water partition coefficient (Wildman–Crippen LogP) is 2.80. The maximum atomic E-state index is 13.8. The summed E-state index contributed by atoms with van der Waals surface area (Å²) in [6.45, 7) is 2.37. The molecule has 36 heavy (non-hydrogen) atoms. The van der Waals surface area contributed by atoms with Crippen molar-refractivity contribution in [2.24, 2.45) is 0 Å². The zero-order chi connectivity index (χ0) is 26.3. The van der Waals surface area contributed by atoms with Crippen molar-refractivity contribution in [3.8, 4) is 0 Å². The number of ether oxygens (including phenoxy) is 2. The minimum absolute atomic E-state index is 0.0825. The lowest BCUT2D eigenvalue weighted by atomic mass is 10.0. The van der Waals surface area contributed by atoms with Crippen LogP contribution in [0.4, 0.5) is 0 Å². The molecule has 0 amide bonds. The minimum Gasteiger partial charge on any atom is -0.875 e. The van der Waals surface area contributed by atoms with Gasteiger partial charge in [-0.15, -0.1) is 5.76 Å². The fraction of sp³-hybridized carbons (Fsp3) is 0.138. The molecule has 0 unspecified atom stereocenters. The summed E-state index contributed by atoms with van der Waals surface area (Å²) >= 11 is 0. The van der Waals surface area contributed by atoms with Crippen molar-refractivity contribution in [1.29, 1.82) is 0 Å². The van der Waals surface area contributed by atoms with Gasteiger partial charge in [0, 0.05) is 5.57 Å². The van der Waals surface area contributed by atoms with Crippen LogP contribution in [0, 0.1) is 0 Å². The normalized spacial score (nSPS) is 12.7. The summed E-state index contributed by atoms with van der Waals surface area (Å²) in [6, 6.07) is 27.8. The Morgan fingerprint density at radius 1 is 0.611 bits per heavy atom. The second-order valence-corrected chi connectivity index (χ2v) is 11.2. The van der Waals surface area contributed by atoms with Gasteiger partial charge in [-0.25, -0.2) is 9.59 Å². The summed E-state index contributed by atoms with van der Waals surface area (Å²) in [7, 11) is -0.869. The van der Waals surface area contributed by atoms with E-state index in [0.717, 1.165) is 23.0 Å². The van der Waals surface area contributed by atoms with Crippen molar-refractivity contribution in [3.63, 3.8) is 0 Å². The molecule has 0 aromatic heterocycles. The topological polar surface area (TPSA) is 92.7 Å². The number of hydrogen-bond acceptors (Lipinski definition) is 6. The zero-order valence-electron chi connectivity index (χ0n) is 20.6. The molecule has 0 spiro atoms. The maximum absolute atomic E-state index is 13.8. The number of hydrogen-bond donors (Lipinski definition) is 0. The number of rotatable bonds is 8. The molecule has 3 aromatic carbocycles. The number of carbonyl (C=O) groups is 3. The van der Waals surface area contributed by atoms with Crippen LogP contribution in [-0.4, -0.2) is 31.9 Å². The van der Waals surface area contributed by atoms with Crippen LogP contribution in [0.25, 0.3) is 0 Å².